The number of hydrogen-bond donors (Lipinski definition) is 0. The normalized spacial score (nSPS) is 20.4. The number of thiocarbonyl (C=S) groups is 1. The van der Waals surface area contributed by atoms with E-state index in [2.05, 4.69) is 35.2 Å². The van der Waals surface area contributed by atoms with Crippen molar-refractivity contribution < 1.29 is 4.79 Å². The number of nitriles is 1. The van der Waals surface area contributed by atoms with Gasteiger partial charge in [-0.2, -0.15) is 5.26 Å². The van der Waals surface area contributed by atoms with E-state index in [4.69, 9.17) is 12.2 Å². The minimum atomic E-state index is -0.293. The van der Waals surface area contributed by atoms with E-state index in [0.29, 0.717) is 20.7 Å². The Hall–Kier alpha value is -2.89. The summed E-state index contributed by atoms with van der Waals surface area (Å²) < 4.78 is 2.20. The van der Waals surface area contributed by atoms with Crippen molar-refractivity contribution >= 4 is 46.1 Å². The molecule has 0 unspecified atom stereocenters. The molecule has 0 N–H and O–H groups in total. The van der Waals surface area contributed by atoms with Gasteiger partial charge in [-0.25, -0.2) is 0 Å². The van der Waals surface area contributed by atoms with Crippen LogP contribution in [0.2, 0.25) is 0 Å². The molecule has 2 aliphatic heterocycles. The molecule has 38 heavy (non-hydrogen) atoms. The first kappa shape index (κ1) is 26.7. The van der Waals surface area contributed by atoms with Crippen molar-refractivity contribution in [2.45, 2.75) is 64.3 Å². The Kier molecular flexibility index (Phi) is 8.06. The Balaban J connectivity index is 1.46. The summed E-state index contributed by atoms with van der Waals surface area (Å²) >= 11 is 6.99. The molecule has 3 aliphatic rings. The van der Waals surface area contributed by atoms with E-state index in [1.54, 1.807) is 11.6 Å². The van der Waals surface area contributed by atoms with Crippen LogP contribution in [0.4, 0.5) is 5.82 Å². The lowest BCUT2D eigenvalue weighted by Gasteiger charge is -2.36. The molecule has 0 bridgehead atoms. The number of amides is 1. The van der Waals surface area contributed by atoms with Gasteiger partial charge in [-0.3, -0.25) is 19.1 Å². The number of carbonyl (C=O) groups excluding carboxylic acids is 1. The van der Waals surface area contributed by atoms with E-state index in [0.717, 1.165) is 69.4 Å². The largest absolute Gasteiger partial charge is 0.357 e. The van der Waals surface area contributed by atoms with Gasteiger partial charge in [0.05, 0.1) is 4.91 Å². The molecule has 198 valence electrons. The minimum absolute atomic E-state index is 0.0498. The number of anilines is 1. The van der Waals surface area contributed by atoms with Crippen LogP contribution in [0.15, 0.2) is 40.0 Å². The molecule has 2 aromatic rings. The van der Waals surface area contributed by atoms with E-state index in [9.17, 15) is 14.9 Å². The highest BCUT2D eigenvalue weighted by Gasteiger charge is 2.38. The summed E-state index contributed by atoms with van der Waals surface area (Å²) in [6.45, 7) is 3.46. The molecular weight excluding hydrogens is 512 g/mol. The first-order valence-corrected chi connectivity index (χ1v) is 14.8. The molecule has 8 heteroatoms. The minimum Gasteiger partial charge on any atom is -0.357 e. The Labute approximate surface area is 234 Å². The summed E-state index contributed by atoms with van der Waals surface area (Å²) in [5.74, 6) is 1.32. The maximum absolute atomic E-state index is 13.5. The molecule has 1 aromatic heterocycles. The van der Waals surface area contributed by atoms with Crippen molar-refractivity contribution in [2.75, 3.05) is 18.0 Å². The molecule has 3 heterocycles. The van der Waals surface area contributed by atoms with Crippen molar-refractivity contribution in [3.05, 3.63) is 67.8 Å². The number of pyridine rings is 1. The number of thioether (sulfide) groups is 1. The number of hydrogen-bond acceptors (Lipinski definition) is 6. The van der Waals surface area contributed by atoms with Gasteiger partial charge >= 0.3 is 0 Å². The van der Waals surface area contributed by atoms with E-state index < -0.39 is 0 Å². The van der Waals surface area contributed by atoms with E-state index in [-0.39, 0.29) is 23.1 Å². The summed E-state index contributed by atoms with van der Waals surface area (Å²) in [7, 11) is 1.73. The first-order valence-electron chi connectivity index (χ1n) is 13.6. The standard InChI is InChI=1S/C30H34N4O2S2/c1-20-24(18-26-29(36)34(30(37)38-26)23-11-7-4-8-12-23)27(32(2)28(35)25(20)19-31)33-15-13-22(14-16-33)17-21-9-5-3-6-10-21/h3,5-6,9-10,18,22-23H,4,7-8,11-17H2,1-2H3/b26-18-. The number of piperidine rings is 1. The van der Waals surface area contributed by atoms with Crippen LogP contribution in [0.5, 0.6) is 0 Å². The predicted molar refractivity (Wildman–Crippen MR) is 158 cm³/mol. The zero-order valence-corrected chi connectivity index (χ0v) is 23.7. The highest BCUT2D eigenvalue weighted by atomic mass is 32.2. The molecule has 0 spiro atoms. The quantitative estimate of drug-likeness (QED) is 0.361. The highest BCUT2D eigenvalue weighted by Crippen LogP contribution is 2.39. The number of aromatic nitrogens is 1. The summed E-state index contributed by atoms with van der Waals surface area (Å²) in [5, 5.41) is 9.79. The lowest BCUT2D eigenvalue weighted by molar-refractivity contribution is -0.124. The Morgan fingerprint density at radius 3 is 2.42 bits per heavy atom. The van der Waals surface area contributed by atoms with Gasteiger partial charge in [0.1, 0.15) is 21.8 Å². The fourth-order valence-corrected chi connectivity index (χ4v) is 7.54. The molecule has 1 aromatic carbocycles. The molecule has 1 amide bonds. The average molecular weight is 547 g/mol. The summed E-state index contributed by atoms with van der Waals surface area (Å²) in [6.07, 6.45) is 10.4. The summed E-state index contributed by atoms with van der Waals surface area (Å²) in [4.78, 5) is 31.3. The SMILES string of the molecule is Cc1c(/C=C2\SC(=S)N(C3CCCCC3)C2=O)c(N2CCC(Cc3ccccc3)CC2)n(C)c(=O)c1C#N. The van der Waals surface area contributed by atoms with Gasteiger partial charge in [0.2, 0.25) is 0 Å². The maximum atomic E-state index is 13.5. The van der Waals surface area contributed by atoms with Gasteiger partial charge in [-0.05, 0) is 62.1 Å². The molecule has 3 fully saturated rings. The van der Waals surface area contributed by atoms with E-state index in [1.807, 2.05) is 24.0 Å². The number of nitrogens with zero attached hydrogens (tertiary/aromatic N) is 4. The number of carbonyl (C=O) groups is 1. The lowest BCUT2D eigenvalue weighted by Crippen LogP contribution is -2.40. The van der Waals surface area contributed by atoms with Crippen LogP contribution in [0.25, 0.3) is 6.08 Å². The Morgan fingerprint density at radius 1 is 1.08 bits per heavy atom. The van der Waals surface area contributed by atoms with Crippen molar-refractivity contribution in [1.29, 1.82) is 5.26 Å². The van der Waals surface area contributed by atoms with E-state index in [1.165, 1.54) is 23.7 Å². The predicted octanol–water partition coefficient (Wildman–Crippen LogP) is 5.56. The maximum Gasteiger partial charge on any atom is 0.270 e. The zero-order valence-electron chi connectivity index (χ0n) is 22.1. The second kappa shape index (κ2) is 11.5. The van der Waals surface area contributed by atoms with Gasteiger partial charge in [-0.1, -0.05) is 73.6 Å². The number of benzene rings is 1. The van der Waals surface area contributed by atoms with Gasteiger partial charge < -0.3 is 4.90 Å². The van der Waals surface area contributed by atoms with Crippen LogP contribution in [-0.4, -0.2) is 38.8 Å². The van der Waals surface area contributed by atoms with Crippen molar-refractivity contribution in [2.24, 2.45) is 13.0 Å². The molecule has 6 nitrogen and oxygen atoms in total. The topological polar surface area (TPSA) is 69.3 Å². The van der Waals surface area contributed by atoms with Crippen LogP contribution in [0.1, 0.15) is 67.2 Å². The third-order valence-corrected chi connectivity index (χ3v) is 9.62. The third kappa shape index (κ3) is 5.19. The summed E-state index contributed by atoms with van der Waals surface area (Å²) in [5.41, 5.74) is 2.59. The van der Waals surface area contributed by atoms with Crippen LogP contribution >= 0.6 is 24.0 Å². The number of rotatable bonds is 5. The fraction of sp³-hybridized carbons (Fsp3) is 0.467. The van der Waals surface area contributed by atoms with Crippen LogP contribution in [-0.2, 0) is 18.3 Å². The average Bonchev–Trinajstić information content (AvgIpc) is 3.21. The van der Waals surface area contributed by atoms with Gasteiger partial charge in [0, 0.05) is 31.7 Å². The van der Waals surface area contributed by atoms with Gasteiger partial charge in [0.25, 0.3) is 11.5 Å². The molecule has 2 saturated heterocycles. The highest BCUT2D eigenvalue weighted by molar-refractivity contribution is 8.26. The third-order valence-electron chi connectivity index (χ3n) is 8.29. The van der Waals surface area contributed by atoms with Gasteiger partial charge in [-0.15, -0.1) is 0 Å². The van der Waals surface area contributed by atoms with E-state index >= 15 is 0 Å². The molecule has 1 saturated carbocycles. The van der Waals surface area contributed by atoms with Crippen LogP contribution in [0.3, 0.4) is 0 Å². The molecule has 0 atom stereocenters. The summed E-state index contributed by atoms with van der Waals surface area (Å²) in [6, 6.07) is 12.9. The zero-order chi connectivity index (χ0) is 26.8. The second-order valence-corrected chi connectivity index (χ2v) is 12.4. The molecule has 0 radical (unpaired) electrons. The molecular formula is C30H34N4O2S2. The Morgan fingerprint density at radius 2 is 1.76 bits per heavy atom. The smallest absolute Gasteiger partial charge is 0.270 e. The van der Waals surface area contributed by atoms with Crippen molar-refractivity contribution in [1.82, 2.24) is 9.47 Å². The van der Waals surface area contributed by atoms with Gasteiger partial charge in [0.15, 0.2) is 0 Å². The molecule has 5 rings (SSSR count). The Bertz CT molecular complexity index is 1360. The van der Waals surface area contributed by atoms with Crippen molar-refractivity contribution in [3.63, 3.8) is 0 Å². The van der Waals surface area contributed by atoms with Crippen molar-refractivity contribution in [3.8, 4) is 6.07 Å². The molecule has 1 aliphatic carbocycles. The first-order chi connectivity index (χ1) is 18.4. The monoisotopic (exact) mass is 546 g/mol. The van der Waals surface area contributed by atoms with Crippen LogP contribution < -0.4 is 10.5 Å². The second-order valence-electron chi connectivity index (χ2n) is 10.7. The lowest BCUT2D eigenvalue weighted by atomic mass is 9.90. The fourth-order valence-electron chi connectivity index (χ4n) is 6.16. The van der Waals surface area contributed by atoms with Crippen LogP contribution in [0, 0.1) is 24.2 Å².